The molecule has 0 spiro atoms. The van der Waals surface area contributed by atoms with Crippen molar-refractivity contribution in [2.24, 2.45) is 5.73 Å². The van der Waals surface area contributed by atoms with E-state index in [2.05, 4.69) is 6.58 Å². The molecule has 8 heavy (non-hydrogen) atoms. The van der Waals surface area contributed by atoms with E-state index in [-0.39, 0.29) is 6.04 Å². The van der Waals surface area contributed by atoms with Gasteiger partial charge in [-0.25, -0.2) is 0 Å². The summed E-state index contributed by atoms with van der Waals surface area (Å²) in [7, 11) is 0. The van der Waals surface area contributed by atoms with Gasteiger partial charge in [0.1, 0.15) is 0 Å². The van der Waals surface area contributed by atoms with E-state index < -0.39 is 6.10 Å². The van der Waals surface area contributed by atoms with Crippen molar-refractivity contribution >= 4 is 0 Å². The second-order valence-electron chi connectivity index (χ2n) is 2.15. The number of aliphatic hydroxyl groups is 1. The molecule has 0 unspecified atom stereocenters. The van der Waals surface area contributed by atoms with Crippen LogP contribution in [-0.2, 0) is 0 Å². The molecule has 2 heteroatoms. The minimum Gasteiger partial charge on any atom is -0.387 e. The summed E-state index contributed by atoms with van der Waals surface area (Å²) in [5, 5.41) is 8.98. The van der Waals surface area contributed by atoms with Crippen molar-refractivity contribution in [3.05, 3.63) is 12.2 Å². The molecule has 0 amide bonds. The van der Waals surface area contributed by atoms with Crippen LogP contribution in [0.2, 0.25) is 0 Å². The first-order chi connectivity index (χ1) is 3.55. The molecular formula is C6H13NO. The van der Waals surface area contributed by atoms with E-state index in [9.17, 15) is 0 Å². The van der Waals surface area contributed by atoms with Gasteiger partial charge in [-0.1, -0.05) is 12.2 Å². The van der Waals surface area contributed by atoms with Crippen molar-refractivity contribution in [1.82, 2.24) is 0 Å². The maximum absolute atomic E-state index is 8.98. The molecule has 0 rings (SSSR count). The molecule has 0 saturated carbocycles. The van der Waals surface area contributed by atoms with E-state index in [1.165, 1.54) is 0 Å². The van der Waals surface area contributed by atoms with Crippen molar-refractivity contribution in [1.29, 1.82) is 0 Å². The standard InChI is InChI=1S/C6H13NO/c1-4(2)6(8)5(3)7/h5-6,8H,1,7H2,2-3H3/t5-,6+/m0/s1. The third-order valence-electron chi connectivity index (χ3n) is 1.00. The highest BCUT2D eigenvalue weighted by Crippen LogP contribution is 1.99. The van der Waals surface area contributed by atoms with Crippen LogP contribution in [0.4, 0.5) is 0 Å². The lowest BCUT2D eigenvalue weighted by molar-refractivity contribution is 0.187. The molecular weight excluding hydrogens is 102 g/mol. The largest absolute Gasteiger partial charge is 0.387 e. The van der Waals surface area contributed by atoms with Crippen LogP contribution in [0.3, 0.4) is 0 Å². The van der Waals surface area contributed by atoms with Gasteiger partial charge in [-0.2, -0.15) is 0 Å². The third kappa shape index (κ3) is 2.09. The van der Waals surface area contributed by atoms with Crippen LogP contribution >= 0.6 is 0 Å². The summed E-state index contributed by atoms with van der Waals surface area (Å²) in [6, 6.07) is -0.201. The van der Waals surface area contributed by atoms with E-state index >= 15 is 0 Å². The van der Waals surface area contributed by atoms with Gasteiger partial charge < -0.3 is 10.8 Å². The molecule has 0 fully saturated rings. The minimum absolute atomic E-state index is 0.201. The SMILES string of the molecule is C=C(C)[C@@H](O)[C@H](C)N. The molecule has 0 aliphatic heterocycles. The van der Waals surface area contributed by atoms with Gasteiger partial charge in [0.15, 0.2) is 0 Å². The average Bonchev–Trinajstić information content (AvgIpc) is 1.64. The molecule has 0 aliphatic carbocycles. The molecule has 3 N–H and O–H groups in total. The molecule has 2 nitrogen and oxygen atoms in total. The summed E-state index contributed by atoms with van der Waals surface area (Å²) in [4.78, 5) is 0. The van der Waals surface area contributed by atoms with Gasteiger partial charge in [0.05, 0.1) is 6.10 Å². The molecule has 0 aromatic carbocycles. The average molecular weight is 115 g/mol. The normalized spacial score (nSPS) is 17.5. The maximum atomic E-state index is 8.98. The summed E-state index contributed by atoms with van der Waals surface area (Å²) in [5.74, 6) is 0. The van der Waals surface area contributed by atoms with Crippen molar-refractivity contribution in [3.8, 4) is 0 Å². The van der Waals surface area contributed by atoms with Gasteiger partial charge in [0, 0.05) is 6.04 Å². The van der Waals surface area contributed by atoms with E-state index in [0.29, 0.717) is 0 Å². The zero-order valence-electron chi connectivity index (χ0n) is 5.39. The fraction of sp³-hybridized carbons (Fsp3) is 0.667. The van der Waals surface area contributed by atoms with Crippen molar-refractivity contribution in [2.45, 2.75) is 26.0 Å². The molecule has 0 aliphatic rings. The van der Waals surface area contributed by atoms with E-state index in [0.717, 1.165) is 5.57 Å². The summed E-state index contributed by atoms with van der Waals surface area (Å²) in [6.45, 7) is 7.05. The lowest BCUT2D eigenvalue weighted by Gasteiger charge is -2.12. The summed E-state index contributed by atoms with van der Waals surface area (Å²) >= 11 is 0. The Labute approximate surface area is 50.0 Å². The van der Waals surface area contributed by atoms with E-state index in [1.807, 2.05) is 0 Å². The van der Waals surface area contributed by atoms with Crippen LogP contribution in [0.1, 0.15) is 13.8 Å². The minimum atomic E-state index is -0.546. The first kappa shape index (κ1) is 7.66. The topological polar surface area (TPSA) is 46.2 Å². The highest BCUT2D eigenvalue weighted by Gasteiger charge is 2.07. The Morgan fingerprint density at radius 1 is 1.75 bits per heavy atom. The number of nitrogens with two attached hydrogens (primary N) is 1. The summed E-state index contributed by atoms with van der Waals surface area (Å²) in [5.41, 5.74) is 6.05. The van der Waals surface area contributed by atoms with E-state index in [1.54, 1.807) is 13.8 Å². The molecule has 0 radical (unpaired) electrons. The van der Waals surface area contributed by atoms with Crippen LogP contribution in [0.25, 0.3) is 0 Å². The maximum Gasteiger partial charge on any atom is 0.0892 e. The Balaban J connectivity index is 3.64. The monoisotopic (exact) mass is 115 g/mol. The lowest BCUT2D eigenvalue weighted by Crippen LogP contribution is -2.31. The molecule has 0 saturated heterocycles. The predicted molar refractivity (Wildman–Crippen MR) is 34.5 cm³/mol. The molecule has 0 heterocycles. The van der Waals surface area contributed by atoms with Gasteiger partial charge in [-0.15, -0.1) is 0 Å². The van der Waals surface area contributed by atoms with Crippen LogP contribution in [0.5, 0.6) is 0 Å². The molecule has 0 aromatic rings. The Morgan fingerprint density at radius 2 is 2.12 bits per heavy atom. The van der Waals surface area contributed by atoms with Crippen molar-refractivity contribution < 1.29 is 5.11 Å². The number of rotatable bonds is 2. The van der Waals surface area contributed by atoms with Gasteiger partial charge in [0.25, 0.3) is 0 Å². The Kier molecular flexibility index (Phi) is 2.72. The molecule has 48 valence electrons. The second kappa shape index (κ2) is 2.84. The van der Waals surface area contributed by atoms with Crippen LogP contribution in [0.15, 0.2) is 12.2 Å². The van der Waals surface area contributed by atoms with Gasteiger partial charge in [0.2, 0.25) is 0 Å². The Hall–Kier alpha value is -0.340. The van der Waals surface area contributed by atoms with Gasteiger partial charge in [-0.3, -0.25) is 0 Å². The summed E-state index contributed by atoms with van der Waals surface area (Å²) in [6.07, 6.45) is -0.546. The third-order valence-corrected chi connectivity index (χ3v) is 1.00. The summed E-state index contributed by atoms with van der Waals surface area (Å²) < 4.78 is 0. The molecule has 2 atom stereocenters. The highest BCUT2D eigenvalue weighted by atomic mass is 16.3. The smallest absolute Gasteiger partial charge is 0.0892 e. The fourth-order valence-electron chi connectivity index (χ4n) is 0.449. The van der Waals surface area contributed by atoms with Crippen LogP contribution in [-0.4, -0.2) is 17.3 Å². The Morgan fingerprint density at radius 3 is 2.12 bits per heavy atom. The Bertz CT molecular complexity index is 88.5. The number of aliphatic hydroxyl groups excluding tert-OH is 1. The predicted octanol–water partition coefficient (Wildman–Crippen LogP) is 0.271. The zero-order chi connectivity index (χ0) is 6.73. The second-order valence-corrected chi connectivity index (χ2v) is 2.15. The van der Waals surface area contributed by atoms with Crippen molar-refractivity contribution in [3.63, 3.8) is 0 Å². The van der Waals surface area contributed by atoms with Gasteiger partial charge >= 0.3 is 0 Å². The first-order valence-corrected chi connectivity index (χ1v) is 2.64. The highest BCUT2D eigenvalue weighted by molar-refractivity contribution is 5.00. The fourth-order valence-corrected chi connectivity index (χ4v) is 0.449. The van der Waals surface area contributed by atoms with Crippen LogP contribution < -0.4 is 5.73 Å². The lowest BCUT2D eigenvalue weighted by atomic mass is 10.1. The molecule has 0 bridgehead atoms. The number of hydrogen-bond donors (Lipinski definition) is 2. The quantitative estimate of drug-likeness (QED) is 0.507. The van der Waals surface area contributed by atoms with Crippen molar-refractivity contribution in [2.75, 3.05) is 0 Å². The molecule has 0 aromatic heterocycles. The zero-order valence-corrected chi connectivity index (χ0v) is 5.39. The van der Waals surface area contributed by atoms with E-state index in [4.69, 9.17) is 10.8 Å². The van der Waals surface area contributed by atoms with Crippen LogP contribution in [0, 0.1) is 0 Å². The van der Waals surface area contributed by atoms with Gasteiger partial charge in [-0.05, 0) is 13.8 Å². The number of hydrogen-bond acceptors (Lipinski definition) is 2. The first-order valence-electron chi connectivity index (χ1n) is 2.64.